The number of aliphatic carboxylic acids is 1. The Kier molecular flexibility index (Phi) is 7.29. The van der Waals surface area contributed by atoms with E-state index in [0.29, 0.717) is 18.0 Å². The molecule has 0 radical (unpaired) electrons. The van der Waals surface area contributed by atoms with Crippen LogP contribution in [0, 0.1) is 11.3 Å². The number of hydrogen-bond donors (Lipinski definition) is 2. The van der Waals surface area contributed by atoms with Crippen molar-refractivity contribution in [3.63, 3.8) is 0 Å². The SMILES string of the molecule is CC(C)(C)[C@H](NC(=O)CC1CCCCC1)C(=O)N1C[C@@]2(C[C@H]1C(=O)O)CN(c1ccccc1)C(=O)O2. The summed E-state index contributed by atoms with van der Waals surface area (Å²) in [6.45, 7) is 5.67. The molecule has 0 unspecified atom stereocenters. The summed E-state index contributed by atoms with van der Waals surface area (Å²) in [5, 5.41) is 12.9. The second kappa shape index (κ2) is 10.1. The van der Waals surface area contributed by atoms with Crippen LogP contribution in [0.1, 0.15) is 65.7 Å². The van der Waals surface area contributed by atoms with Gasteiger partial charge in [-0.15, -0.1) is 0 Å². The highest BCUT2D eigenvalue weighted by Gasteiger charge is 2.57. The average molecular weight is 500 g/mol. The predicted octanol–water partition coefficient (Wildman–Crippen LogP) is 3.57. The summed E-state index contributed by atoms with van der Waals surface area (Å²) in [5.74, 6) is -1.48. The summed E-state index contributed by atoms with van der Waals surface area (Å²) in [7, 11) is 0. The first-order chi connectivity index (χ1) is 17.0. The molecule has 4 rings (SSSR count). The van der Waals surface area contributed by atoms with Crippen LogP contribution in [0.5, 0.6) is 0 Å². The number of para-hydroxylation sites is 1. The van der Waals surface area contributed by atoms with Crippen molar-refractivity contribution in [1.29, 1.82) is 0 Å². The van der Waals surface area contributed by atoms with Crippen molar-refractivity contribution >= 4 is 29.6 Å². The van der Waals surface area contributed by atoms with Gasteiger partial charge in [0.25, 0.3) is 0 Å². The van der Waals surface area contributed by atoms with Crippen molar-refractivity contribution in [2.45, 2.75) is 83.4 Å². The molecule has 9 heteroatoms. The number of carbonyl (C=O) groups is 4. The van der Waals surface area contributed by atoms with Gasteiger partial charge in [0.15, 0.2) is 5.60 Å². The maximum atomic E-state index is 13.8. The van der Waals surface area contributed by atoms with Crippen LogP contribution in [0.3, 0.4) is 0 Å². The molecule has 3 aliphatic rings. The van der Waals surface area contributed by atoms with Crippen molar-refractivity contribution in [2.24, 2.45) is 11.3 Å². The van der Waals surface area contributed by atoms with Crippen LogP contribution in [0.2, 0.25) is 0 Å². The minimum absolute atomic E-state index is 0.00394. The second-order valence-electron chi connectivity index (χ2n) is 11.6. The molecule has 196 valence electrons. The molecule has 1 saturated carbocycles. The summed E-state index contributed by atoms with van der Waals surface area (Å²) < 4.78 is 5.73. The Labute approximate surface area is 212 Å². The minimum atomic E-state index is -1.16. The number of carboxylic acids is 1. The molecule has 0 bridgehead atoms. The molecule has 9 nitrogen and oxygen atoms in total. The summed E-state index contributed by atoms with van der Waals surface area (Å²) in [4.78, 5) is 54.4. The monoisotopic (exact) mass is 499 g/mol. The van der Waals surface area contributed by atoms with Gasteiger partial charge in [-0.2, -0.15) is 0 Å². The lowest BCUT2D eigenvalue weighted by atomic mass is 9.84. The Morgan fingerprint density at radius 1 is 1.11 bits per heavy atom. The summed E-state index contributed by atoms with van der Waals surface area (Å²) in [5.41, 5.74) is -1.11. The van der Waals surface area contributed by atoms with Gasteiger partial charge in [-0.05, 0) is 36.3 Å². The summed E-state index contributed by atoms with van der Waals surface area (Å²) in [6, 6.07) is 6.97. The van der Waals surface area contributed by atoms with Gasteiger partial charge in [-0.25, -0.2) is 9.59 Å². The number of nitrogens with one attached hydrogen (secondary N) is 1. The van der Waals surface area contributed by atoms with Crippen LogP contribution in [0.25, 0.3) is 0 Å². The number of amides is 3. The highest BCUT2D eigenvalue weighted by Crippen LogP contribution is 2.39. The van der Waals surface area contributed by atoms with E-state index in [1.54, 1.807) is 12.1 Å². The molecule has 1 spiro atoms. The zero-order valence-electron chi connectivity index (χ0n) is 21.4. The van der Waals surface area contributed by atoms with Crippen molar-refractivity contribution in [3.8, 4) is 0 Å². The molecule has 2 saturated heterocycles. The quantitative estimate of drug-likeness (QED) is 0.618. The third-order valence-corrected chi connectivity index (χ3v) is 7.62. The van der Waals surface area contributed by atoms with Crippen LogP contribution < -0.4 is 10.2 Å². The highest BCUT2D eigenvalue weighted by atomic mass is 16.6. The van der Waals surface area contributed by atoms with E-state index < -0.39 is 41.1 Å². The van der Waals surface area contributed by atoms with E-state index in [9.17, 15) is 24.3 Å². The van der Waals surface area contributed by atoms with Gasteiger partial charge in [0.1, 0.15) is 12.1 Å². The maximum Gasteiger partial charge on any atom is 0.415 e. The molecule has 3 atom stereocenters. The van der Waals surface area contributed by atoms with E-state index in [1.165, 1.54) is 16.2 Å². The number of anilines is 1. The van der Waals surface area contributed by atoms with Crippen molar-refractivity contribution in [2.75, 3.05) is 18.0 Å². The van der Waals surface area contributed by atoms with Gasteiger partial charge in [0.2, 0.25) is 11.8 Å². The fourth-order valence-corrected chi connectivity index (χ4v) is 5.71. The topological polar surface area (TPSA) is 116 Å². The van der Waals surface area contributed by atoms with E-state index in [2.05, 4.69) is 5.32 Å². The van der Waals surface area contributed by atoms with Crippen LogP contribution in [0.4, 0.5) is 10.5 Å². The number of ether oxygens (including phenoxy) is 1. The van der Waals surface area contributed by atoms with Gasteiger partial charge in [0.05, 0.1) is 13.1 Å². The van der Waals surface area contributed by atoms with Gasteiger partial charge in [0, 0.05) is 18.5 Å². The first-order valence-electron chi connectivity index (χ1n) is 12.9. The van der Waals surface area contributed by atoms with E-state index in [1.807, 2.05) is 39.0 Å². The first kappa shape index (κ1) is 26.0. The molecule has 2 aliphatic heterocycles. The maximum absolute atomic E-state index is 13.8. The molecule has 0 aromatic heterocycles. The number of hydrogen-bond acceptors (Lipinski definition) is 5. The standard InChI is InChI=1S/C27H37N3O6/c1-26(2,3)22(28-21(31)14-18-10-6-4-7-11-18)23(32)30-17-27(15-20(30)24(33)34)16-29(25(35)36-27)19-12-8-5-9-13-19/h5,8-9,12-13,18,20,22H,4,6-7,10-11,14-17H2,1-3H3,(H,28,31)(H,33,34)/t20-,22+,27+/m0/s1. The number of carboxylic acid groups (broad SMARTS) is 1. The third kappa shape index (κ3) is 5.50. The van der Waals surface area contributed by atoms with Gasteiger partial charge < -0.3 is 20.1 Å². The van der Waals surface area contributed by atoms with Crippen LogP contribution in [-0.2, 0) is 19.1 Å². The van der Waals surface area contributed by atoms with E-state index in [-0.39, 0.29) is 25.4 Å². The lowest BCUT2D eigenvalue weighted by molar-refractivity contribution is -0.150. The largest absolute Gasteiger partial charge is 0.480 e. The van der Waals surface area contributed by atoms with Crippen LogP contribution in [0.15, 0.2) is 30.3 Å². The molecule has 2 N–H and O–H groups in total. The molecule has 36 heavy (non-hydrogen) atoms. The van der Waals surface area contributed by atoms with E-state index in [0.717, 1.165) is 25.7 Å². The Hall–Kier alpha value is -3.10. The zero-order valence-corrected chi connectivity index (χ0v) is 21.4. The van der Waals surface area contributed by atoms with Crippen molar-refractivity contribution in [1.82, 2.24) is 10.2 Å². The Bertz CT molecular complexity index is 1000. The predicted molar refractivity (Wildman–Crippen MR) is 133 cm³/mol. The molecule has 1 aliphatic carbocycles. The molecular weight excluding hydrogens is 462 g/mol. The summed E-state index contributed by atoms with van der Waals surface area (Å²) >= 11 is 0. The Balaban J connectivity index is 1.52. The normalized spacial score (nSPS) is 25.6. The fraction of sp³-hybridized carbons (Fsp3) is 0.630. The molecule has 3 amide bonds. The van der Waals surface area contributed by atoms with Crippen LogP contribution >= 0.6 is 0 Å². The lowest BCUT2D eigenvalue weighted by Crippen LogP contribution is -2.57. The Morgan fingerprint density at radius 2 is 1.78 bits per heavy atom. The molecule has 3 fully saturated rings. The number of likely N-dealkylation sites (tertiary alicyclic amines) is 1. The minimum Gasteiger partial charge on any atom is -0.480 e. The molecule has 1 aromatic rings. The first-order valence-corrected chi connectivity index (χ1v) is 12.9. The van der Waals surface area contributed by atoms with Gasteiger partial charge in [-0.1, -0.05) is 58.2 Å². The summed E-state index contributed by atoms with van der Waals surface area (Å²) in [6.07, 6.45) is 5.27. The van der Waals surface area contributed by atoms with Crippen LogP contribution in [-0.4, -0.2) is 64.7 Å². The Morgan fingerprint density at radius 3 is 2.39 bits per heavy atom. The molecule has 2 heterocycles. The second-order valence-corrected chi connectivity index (χ2v) is 11.6. The van der Waals surface area contributed by atoms with Gasteiger partial charge >= 0.3 is 12.1 Å². The number of carbonyl (C=O) groups excluding carboxylic acids is 3. The van der Waals surface area contributed by atoms with Gasteiger partial charge in [-0.3, -0.25) is 14.5 Å². The lowest BCUT2D eigenvalue weighted by Gasteiger charge is -2.35. The van der Waals surface area contributed by atoms with Crippen molar-refractivity contribution < 1.29 is 29.0 Å². The third-order valence-electron chi connectivity index (χ3n) is 7.62. The number of nitrogens with zero attached hydrogens (tertiary/aromatic N) is 2. The smallest absolute Gasteiger partial charge is 0.415 e. The molecule has 1 aromatic carbocycles. The molecular formula is C27H37N3O6. The fourth-order valence-electron chi connectivity index (χ4n) is 5.71. The van der Waals surface area contributed by atoms with E-state index >= 15 is 0 Å². The van der Waals surface area contributed by atoms with E-state index in [4.69, 9.17) is 4.74 Å². The average Bonchev–Trinajstić information content (AvgIpc) is 3.37. The highest BCUT2D eigenvalue weighted by molar-refractivity contribution is 5.93. The zero-order chi connectivity index (χ0) is 26.1. The number of rotatable bonds is 6. The number of benzene rings is 1. The van der Waals surface area contributed by atoms with Crippen molar-refractivity contribution in [3.05, 3.63) is 30.3 Å².